The summed E-state index contributed by atoms with van der Waals surface area (Å²) in [5.74, 6) is -1.28. The van der Waals surface area contributed by atoms with Crippen molar-refractivity contribution in [3.05, 3.63) is 33.2 Å². The lowest BCUT2D eigenvalue weighted by Gasteiger charge is -2.28. The van der Waals surface area contributed by atoms with E-state index in [1.165, 1.54) is 11.3 Å². The van der Waals surface area contributed by atoms with Gasteiger partial charge in [0.1, 0.15) is 6.61 Å². The Bertz CT molecular complexity index is 798. The summed E-state index contributed by atoms with van der Waals surface area (Å²) in [5.41, 5.74) is 0.435. The van der Waals surface area contributed by atoms with Gasteiger partial charge >= 0.3 is 18.0 Å². The number of hydrogen-bond acceptors (Lipinski definition) is 7. The van der Waals surface area contributed by atoms with Crippen molar-refractivity contribution in [2.75, 3.05) is 13.2 Å². The predicted octanol–water partition coefficient (Wildman–Crippen LogP) is 2.47. The average molecular weight is 408 g/mol. The molecule has 152 valence electrons. The van der Waals surface area contributed by atoms with Gasteiger partial charge in [-0.2, -0.15) is 0 Å². The molecule has 2 amide bonds. The van der Waals surface area contributed by atoms with Crippen molar-refractivity contribution in [1.29, 1.82) is 0 Å². The lowest BCUT2D eigenvalue weighted by atomic mass is 10.0. The quantitative estimate of drug-likeness (QED) is 0.480. The number of aryl methyl sites for hydroxylation is 1. The summed E-state index contributed by atoms with van der Waals surface area (Å²) in [4.78, 5) is 49.8. The van der Waals surface area contributed by atoms with E-state index in [1.54, 1.807) is 13.0 Å². The molecule has 0 aromatic carbocycles. The fourth-order valence-corrected chi connectivity index (χ4v) is 3.56. The molecule has 1 aliphatic rings. The third-order valence-electron chi connectivity index (χ3n) is 4.10. The van der Waals surface area contributed by atoms with Crippen LogP contribution < -0.4 is 10.6 Å². The van der Waals surface area contributed by atoms with Gasteiger partial charge in [0.2, 0.25) is 0 Å². The number of esters is 2. The van der Waals surface area contributed by atoms with E-state index in [0.29, 0.717) is 11.3 Å². The molecule has 0 bridgehead atoms. The fraction of sp³-hybridized carbons (Fsp3) is 0.474. The minimum atomic E-state index is -0.585. The van der Waals surface area contributed by atoms with Crippen molar-refractivity contribution in [3.8, 4) is 0 Å². The van der Waals surface area contributed by atoms with Crippen molar-refractivity contribution >= 4 is 35.1 Å². The first kappa shape index (κ1) is 21.6. The number of amides is 2. The molecule has 8 nitrogen and oxygen atoms in total. The number of carbonyl (C=O) groups excluding carboxylic acids is 4. The highest BCUT2D eigenvalue weighted by Crippen LogP contribution is 2.19. The number of thiophene rings is 1. The minimum Gasteiger partial charge on any atom is -0.463 e. The summed E-state index contributed by atoms with van der Waals surface area (Å²) in [7, 11) is 0. The maximum atomic E-state index is 12.2. The molecule has 1 aromatic rings. The lowest BCUT2D eigenvalue weighted by Crippen LogP contribution is -2.51. The van der Waals surface area contributed by atoms with E-state index in [2.05, 4.69) is 10.6 Å². The number of Topliss-reactive ketones (excluding diaryl/α,β-unsaturated/α-hetero) is 1. The van der Waals surface area contributed by atoms with E-state index >= 15 is 0 Å². The van der Waals surface area contributed by atoms with Crippen LogP contribution in [0.25, 0.3) is 0 Å². The molecule has 28 heavy (non-hydrogen) atoms. The van der Waals surface area contributed by atoms with E-state index in [1.807, 2.05) is 19.9 Å². The molecule has 0 aliphatic carbocycles. The number of rotatable bonds is 9. The van der Waals surface area contributed by atoms with E-state index in [0.717, 1.165) is 4.88 Å². The molecule has 1 atom stereocenters. The van der Waals surface area contributed by atoms with E-state index in [9.17, 15) is 19.2 Å². The van der Waals surface area contributed by atoms with E-state index in [4.69, 9.17) is 9.47 Å². The zero-order chi connectivity index (χ0) is 20.7. The van der Waals surface area contributed by atoms with Gasteiger partial charge in [-0.1, -0.05) is 6.92 Å². The van der Waals surface area contributed by atoms with Crippen LogP contribution in [0.3, 0.4) is 0 Å². The molecule has 0 fully saturated rings. The van der Waals surface area contributed by atoms with Crippen molar-refractivity contribution in [2.45, 2.75) is 46.1 Å². The van der Waals surface area contributed by atoms with Crippen LogP contribution in [0.1, 0.15) is 47.7 Å². The number of ether oxygens (including phenoxy) is 2. The molecule has 2 heterocycles. The third-order valence-corrected chi connectivity index (χ3v) is 5.14. The molecular weight excluding hydrogens is 384 g/mol. The number of urea groups is 1. The van der Waals surface area contributed by atoms with Crippen LogP contribution in [-0.4, -0.2) is 43.0 Å². The van der Waals surface area contributed by atoms with Crippen LogP contribution in [0.4, 0.5) is 4.79 Å². The largest absolute Gasteiger partial charge is 0.463 e. The van der Waals surface area contributed by atoms with Gasteiger partial charge in [0.15, 0.2) is 5.78 Å². The second kappa shape index (κ2) is 10.0. The average Bonchev–Trinajstić information content (AvgIpc) is 3.10. The smallest absolute Gasteiger partial charge is 0.338 e. The summed E-state index contributed by atoms with van der Waals surface area (Å²) in [6, 6.07) is 2.59. The Morgan fingerprint density at radius 3 is 2.50 bits per heavy atom. The molecule has 9 heteroatoms. The monoisotopic (exact) mass is 408 g/mol. The summed E-state index contributed by atoms with van der Waals surface area (Å²) >= 11 is 1.38. The predicted molar refractivity (Wildman–Crippen MR) is 103 cm³/mol. The Morgan fingerprint density at radius 1 is 1.14 bits per heavy atom. The zero-order valence-corrected chi connectivity index (χ0v) is 16.9. The molecule has 0 radical (unpaired) electrons. The van der Waals surface area contributed by atoms with Crippen molar-refractivity contribution in [2.24, 2.45) is 0 Å². The molecular formula is C19H24N2O6S. The number of hydrogen-bond donors (Lipinski definition) is 2. The lowest BCUT2D eigenvalue weighted by molar-refractivity contribution is -0.143. The Morgan fingerprint density at radius 2 is 1.89 bits per heavy atom. The van der Waals surface area contributed by atoms with Crippen molar-refractivity contribution < 1.29 is 28.7 Å². The maximum Gasteiger partial charge on any atom is 0.338 e. The van der Waals surface area contributed by atoms with Crippen LogP contribution in [-0.2, 0) is 19.1 Å². The first-order valence-electron chi connectivity index (χ1n) is 9.08. The first-order valence-corrected chi connectivity index (χ1v) is 9.90. The summed E-state index contributed by atoms with van der Waals surface area (Å²) in [5, 5.41) is 5.15. The minimum absolute atomic E-state index is 0.0358. The van der Waals surface area contributed by atoms with Gasteiger partial charge in [0.05, 0.1) is 35.2 Å². The van der Waals surface area contributed by atoms with Gasteiger partial charge in [0.25, 0.3) is 0 Å². The molecule has 1 aromatic heterocycles. The van der Waals surface area contributed by atoms with E-state index in [-0.39, 0.29) is 43.1 Å². The SMILES string of the molecule is CCOC(=O)C1=C(COC(=O)CCC(=O)c2ccc(C)s2)NC(=O)N[C@@H]1CC. The summed E-state index contributed by atoms with van der Waals surface area (Å²) in [6.45, 7) is 5.31. The summed E-state index contributed by atoms with van der Waals surface area (Å²) in [6.07, 6.45) is 0.434. The van der Waals surface area contributed by atoms with Gasteiger partial charge in [-0.15, -0.1) is 11.3 Å². The van der Waals surface area contributed by atoms with Crippen LogP contribution in [0.15, 0.2) is 23.4 Å². The normalized spacial score (nSPS) is 16.2. The van der Waals surface area contributed by atoms with Gasteiger partial charge in [0, 0.05) is 11.3 Å². The number of nitrogens with one attached hydrogen (secondary N) is 2. The van der Waals surface area contributed by atoms with Crippen LogP contribution in [0.5, 0.6) is 0 Å². The molecule has 0 saturated carbocycles. The van der Waals surface area contributed by atoms with Gasteiger partial charge in [-0.25, -0.2) is 9.59 Å². The Hall–Kier alpha value is -2.68. The molecule has 0 unspecified atom stereocenters. The van der Waals surface area contributed by atoms with Crippen LogP contribution in [0, 0.1) is 6.92 Å². The second-order valence-corrected chi connectivity index (χ2v) is 7.45. The van der Waals surface area contributed by atoms with Crippen LogP contribution in [0.2, 0.25) is 0 Å². The Kier molecular flexibility index (Phi) is 7.74. The topological polar surface area (TPSA) is 111 Å². The molecule has 2 rings (SSSR count). The van der Waals surface area contributed by atoms with Crippen molar-refractivity contribution in [1.82, 2.24) is 10.6 Å². The second-order valence-electron chi connectivity index (χ2n) is 6.17. The highest BCUT2D eigenvalue weighted by Gasteiger charge is 2.32. The third kappa shape index (κ3) is 5.66. The standard InChI is InChI=1S/C19H24N2O6S/c1-4-12-17(18(24)26-5-2)13(21-19(25)20-12)10-27-16(23)9-7-14(22)15-8-6-11(3)28-15/h6,8,12H,4-5,7,9-10H2,1-3H3,(H2,20,21,25)/t12-/m1/s1. The number of ketones is 1. The van der Waals surface area contributed by atoms with E-state index < -0.39 is 24.0 Å². The fourth-order valence-electron chi connectivity index (χ4n) is 2.72. The van der Waals surface area contributed by atoms with Crippen LogP contribution >= 0.6 is 11.3 Å². The Balaban J connectivity index is 1.98. The molecule has 0 saturated heterocycles. The van der Waals surface area contributed by atoms with Crippen molar-refractivity contribution in [3.63, 3.8) is 0 Å². The highest BCUT2D eigenvalue weighted by atomic mass is 32.1. The maximum absolute atomic E-state index is 12.2. The molecule has 1 aliphatic heterocycles. The molecule has 2 N–H and O–H groups in total. The zero-order valence-electron chi connectivity index (χ0n) is 16.1. The van der Waals surface area contributed by atoms with Gasteiger partial charge in [-0.3, -0.25) is 9.59 Å². The first-order chi connectivity index (χ1) is 13.3. The molecule has 0 spiro atoms. The number of carbonyl (C=O) groups is 4. The summed E-state index contributed by atoms with van der Waals surface area (Å²) < 4.78 is 10.2. The highest BCUT2D eigenvalue weighted by molar-refractivity contribution is 7.14. The Labute approximate surface area is 167 Å². The van der Waals surface area contributed by atoms with Gasteiger partial charge in [-0.05, 0) is 32.4 Å². The van der Waals surface area contributed by atoms with Gasteiger partial charge < -0.3 is 20.1 Å².